The number of fused-ring (bicyclic) bond motifs is 2. The summed E-state index contributed by atoms with van der Waals surface area (Å²) in [7, 11) is 0. The van der Waals surface area contributed by atoms with E-state index in [0.29, 0.717) is 60.9 Å². The Morgan fingerprint density at radius 2 is 1.86 bits per heavy atom. The van der Waals surface area contributed by atoms with Crippen LogP contribution in [0.4, 0.5) is 21.5 Å². The van der Waals surface area contributed by atoms with Crippen LogP contribution in [0.1, 0.15) is 31.2 Å². The standard InChI is InChI=1S/C26H23FN4O4/c27-19-14-16(4-6-20(19)30-10-2-1-3-22(30)32)29-11-8-18-23(25(28)33)31(24(18)26(29)34)17-5-7-21-15(13-17)9-12-35-21/h4-7,13-14H,1-3,8-12H2,(H-,28,33)/p+1. The van der Waals surface area contributed by atoms with Crippen LogP contribution in [0, 0.1) is 5.82 Å². The third kappa shape index (κ3) is 3.33. The van der Waals surface area contributed by atoms with E-state index in [1.807, 2.05) is 12.1 Å². The van der Waals surface area contributed by atoms with Gasteiger partial charge in [-0.25, -0.2) is 4.39 Å². The zero-order valence-electron chi connectivity index (χ0n) is 19.1. The Hall–Kier alpha value is -4.01. The lowest BCUT2D eigenvalue weighted by molar-refractivity contribution is -0.392. The number of hydrogen-bond acceptors (Lipinski definition) is 4. The molecule has 0 bridgehead atoms. The largest absolute Gasteiger partial charge is 0.493 e. The molecule has 35 heavy (non-hydrogen) atoms. The molecule has 0 unspecified atom stereocenters. The second-order valence-electron chi connectivity index (χ2n) is 9.11. The summed E-state index contributed by atoms with van der Waals surface area (Å²) in [5, 5.41) is 0. The second kappa shape index (κ2) is 8.04. The molecule has 4 aliphatic heterocycles. The smallest absolute Gasteiger partial charge is 0.324 e. The Bertz CT molecular complexity index is 1380. The number of benzene rings is 2. The number of carbonyl (C=O) groups excluding carboxylic acids is 3. The van der Waals surface area contributed by atoms with Crippen LogP contribution in [0.15, 0.2) is 47.7 Å². The zero-order chi connectivity index (χ0) is 24.3. The lowest BCUT2D eigenvalue weighted by Gasteiger charge is -2.32. The highest BCUT2D eigenvalue weighted by Crippen LogP contribution is 2.38. The van der Waals surface area contributed by atoms with E-state index in [0.717, 1.165) is 30.6 Å². The molecule has 0 radical (unpaired) electrons. The number of primary amides is 1. The summed E-state index contributed by atoms with van der Waals surface area (Å²) in [6.45, 7) is 1.37. The van der Waals surface area contributed by atoms with Crippen LogP contribution in [0.3, 0.4) is 0 Å². The molecule has 9 heteroatoms. The topological polar surface area (TPSA) is 96.0 Å². The van der Waals surface area contributed by atoms with Crippen molar-refractivity contribution in [2.45, 2.75) is 32.1 Å². The molecule has 0 saturated carbocycles. The van der Waals surface area contributed by atoms with Crippen LogP contribution < -0.4 is 20.3 Å². The van der Waals surface area contributed by atoms with Gasteiger partial charge in [0.15, 0.2) is 0 Å². The van der Waals surface area contributed by atoms with Crippen molar-refractivity contribution in [3.8, 4) is 5.75 Å². The molecule has 2 N–H and O–H groups in total. The van der Waals surface area contributed by atoms with Gasteiger partial charge in [0.1, 0.15) is 17.1 Å². The molecule has 0 aliphatic carbocycles. The number of amides is 3. The molecule has 0 atom stereocenters. The summed E-state index contributed by atoms with van der Waals surface area (Å²) < 4.78 is 22.3. The van der Waals surface area contributed by atoms with Crippen molar-refractivity contribution in [1.29, 1.82) is 0 Å². The number of halogens is 1. The first-order chi connectivity index (χ1) is 16.9. The SMILES string of the molecule is NC(=O)C1=C2CCN(c3ccc(N4CCCCC4=O)c(F)c3)C(=O)C2=[N+]1c1ccc2c(c1)CCO2. The number of piperidine rings is 2. The molecule has 8 nitrogen and oxygen atoms in total. The van der Waals surface area contributed by atoms with Crippen molar-refractivity contribution in [1.82, 2.24) is 0 Å². The molecule has 4 heterocycles. The minimum atomic E-state index is -0.594. The van der Waals surface area contributed by atoms with Crippen LogP contribution in [-0.4, -0.2) is 47.7 Å². The van der Waals surface area contributed by atoms with Gasteiger partial charge >= 0.3 is 11.8 Å². The van der Waals surface area contributed by atoms with Gasteiger partial charge in [0.05, 0.1) is 12.3 Å². The van der Waals surface area contributed by atoms with E-state index < -0.39 is 11.7 Å². The van der Waals surface area contributed by atoms with Crippen molar-refractivity contribution in [3.63, 3.8) is 0 Å². The molecule has 2 aromatic carbocycles. The van der Waals surface area contributed by atoms with Crippen LogP contribution in [-0.2, 0) is 20.8 Å². The van der Waals surface area contributed by atoms with Gasteiger partial charge in [-0.2, -0.15) is 0 Å². The maximum Gasteiger partial charge on any atom is 0.324 e. The fourth-order valence-corrected chi connectivity index (χ4v) is 5.37. The monoisotopic (exact) mass is 475 g/mol. The van der Waals surface area contributed by atoms with Crippen molar-refractivity contribution in [2.75, 3.05) is 29.5 Å². The Kier molecular flexibility index (Phi) is 4.94. The maximum atomic E-state index is 15.1. The highest BCUT2D eigenvalue weighted by molar-refractivity contribution is 6.50. The molecule has 2 saturated heterocycles. The Labute approximate surface area is 201 Å². The molecule has 0 aromatic heterocycles. The molecule has 6 rings (SSSR count). The normalized spacial score (nSPS) is 19.5. The van der Waals surface area contributed by atoms with Crippen molar-refractivity contribution in [3.05, 3.63) is 59.0 Å². The van der Waals surface area contributed by atoms with Gasteiger partial charge in [0, 0.05) is 55.7 Å². The van der Waals surface area contributed by atoms with Gasteiger partial charge in [-0.3, -0.25) is 14.4 Å². The fraction of sp³-hybridized carbons (Fsp3) is 0.308. The lowest BCUT2D eigenvalue weighted by Crippen LogP contribution is -2.52. The van der Waals surface area contributed by atoms with E-state index >= 15 is 4.39 Å². The molecular weight excluding hydrogens is 451 g/mol. The summed E-state index contributed by atoms with van der Waals surface area (Å²) in [6.07, 6.45) is 3.23. The van der Waals surface area contributed by atoms with Crippen molar-refractivity contribution in [2.24, 2.45) is 5.73 Å². The summed E-state index contributed by atoms with van der Waals surface area (Å²) in [4.78, 5) is 41.0. The number of ether oxygens (including phenoxy) is 1. The predicted molar refractivity (Wildman–Crippen MR) is 126 cm³/mol. The molecule has 3 amide bonds. The van der Waals surface area contributed by atoms with Crippen molar-refractivity contribution < 1.29 is 28.1 Å². The summed E-state index contributed by atoms with van der Waals surface area (Å²) in [5.74, 6) is -0.758. The molecule has 2 fully saturated rings. The van der Waals surface area contributed by atoms with Gasteiger partial charge in [-0.1, -0.05) is 0 Å². The molecular formula is C26H24FN4O4+. The number of nitrogens with zero attached hydrogens (tertiary/aromatic N) is 3. The highest BCUT2D eigenvalue weighted by atomic mass is 19.1. The third-order valence-corrected chi connectivity index (χ3v) is 7.07. The second-order valence-corrected chi connectivity index (χ2v) is 9.11. The lowest BCUT2D eigenvalue weighted by atomic mass is 9.90. The summed E-state index contributed by atoms with van der Waals surface area (Å²) in [5.41, 5.74) is 9.31. The van der Waals surface area contributed by atoms with Gasteiger partial charge in [-0.15, -0.1) is 4.58 Å². The quantitative estimate of drug-likeness (QED) is 0.688. The predicted octanol–water partition coefficient (Wildman–Crippen LogP) is 2.55. The van der Waals surface area contributed by atoms with E-state index in [9.17, 15) is 14.4 Å². The Morgan fingerprint density at radius 1 is 1.00 bits per heavy atom. The van der Waals surface area contributed by atoms with E-state index in [2.05, 4.69) is 0 Å². The van der Waals surface area contributed by atoms with Gasteiger partial charge in [0.25, 0.3) is 11.4 Å². The number of carbonyl (C=O) groups is 3. The Morgan fingerprint density at radius 3 is 2.63 bits per heavy atom. The molecule has 178 valence electrons. The number of rotatable bonds is 4. The average Bonchev–Trinajstić information content (AvgIpc) is 3.28. The van der Waals surface area contributed by atoms with Gasteiger partial charge in [-0.05, 0) is 37.1 Å². The molecule has 0 spiro atoms. The summed E-state index contributed by atoms with van der Waals surface area (Å²) in [6, 6.07) is 10.1. The van der Waals surface area contributed by atoms with Crippen LogP contribution >= 0.6 is 0 Å². The average molecular weight is 476 g/mol. The maximum absolute atomic E-state index is 15.1. The summed E-state index contributed by atoms with van der Waals surface area (Å²) >= 11 is 0. The first kappa shape index (κ1) is 21.5. The number of nitrogens with two attached hydrogens (primary N) is 1. The van der Waals surface area contributed by atoms with Gasteiger partial charge < -0.3 is 20.3 Å². The van der Waals surface area contributed by atoms with Crippen LogP contribution in [0.25, 0.3) is 0 Å². The zero-order valence-corrected chi connectivity index (χ0v) is 19.1. The van der Waals surface area contributed by atoms with Gasteiger partial charge in [0.2, 0.25) is 11.6 Å². The first-order valence-electron chi connectivity index (χ1n) is 11.8. The molecule has 4 aliphatic rings. The van der Waals surface area contributed by atoms with E-state index in [4.69, 9.17) is 10.5 Å². The minimum Gasteiger partial charge on any atom is -0.493 e. The highest BCUT2D eigenvalue weighted by Gasteiger charge is 2.52. The van der Waals surface area contributed by atoms with E-state index in [1.165, 1.54) is 15.9 Å². The van der Waals surface area contributed by atoms with Crippen LogP contribution in [0.5, 0.6) is 5.75 Å². The van der Waals surface area contributed by atoms with E-state index in [-0.39, 0.29) is 17.5 Å². The van der Waals surface area contributed by atoms with Crippen molar-refractivity contribution >= 4 is 40.5 Å². The molecule has 2 aromatic rings. The fourth-order valence-electron chi connectivity index (χ4n) is 5.37. The minimum absolute atomic E-state index is 0.0916. The number of anilines is 2. The van der Waals surface area contributed by atoms with E-state index in [1.54, 1.807) is 22.8 Å². The number of hydrogen-bond donors (Lipinski definition) is 1. The van der Waals surface area contributed by atoms with Crippen LogP contribution in [0.2, 0.25) is 0 Å². The Balaban J connectivity index is 1.35. The first-order valence-corrected chi connectivity index (χ1v) is 11.8. The third-order valence-electron chi connectivity index (χ3n) is 7.07.